The number of fused-ring (bicyclic) bond motifs is 1. The summed E-state index contributed by atoms with van der Waals surface area (Å²) in [6, 6.07) is 0. The van der Waals surface area contributed by atoms with Gasteiger partial charge in [0.25, 0.3) is 11.5 Å². The number of carbonyl (C=O) groups is 1. The van der Waals surface area contributed by atoms with E-state index in [1.807, 2.05) is 9.80 Å². The highest BCUT2D eigenvalue weighted by molar-refractivity contribution is 5.96. The Balaban J connectivity index is 1.48. The number of likely N-dealkylation sites (tertiary alicyclic amines) is 1. The molecule has 2 saturated heterocycles. The zero-order chi connectivity index (χ0) is 18.6. The Morgan fingerprint density at radius 3 is 2.35 bits per heavy atom. The number of aromatic nitrogens is 3. The van der Waals surface area contributed by atoms with Gasteiger partial charge in [-0.05, 0) is 20.8 Å². The zero-order valence-electron chi connectivity index (χ0n) is 14.9. The van der Waals surface area contributed by atoms with Crippen LogP contribution in [0.25, 0.3) is 0 Å². The molecule has 8 nitrogen and oxygen atoms in total. The lowest BCUT2D eigenvalue weighted by Gasteiger charge is -2.22. The van der Waals surface area contributed by atoms with Crippen LogP contribution < -0.4 is 10.5 Å². The van der Waals surface area contributed by atoms with Crippen LogP contribution in [0.15, 0.2) is 9.32 Å². The molecular formula is C17H20FN5O3. The molecule has 9 heteroatoms. The number of aromatic amines is 1. The molecule has 4 heterocycles. The number of rotatable bonds is 2. The fourth-order valence-corrected chi connectivity index (χ4v) is 3.98. The molecule has 0 aliphatic carbocycles. The van der Waals surface area contributed by atoms with E-state index < -0.39 is 11.4 Å². The average molecular weight is 361 g/mol. The van der Waals surface area contributed by atoms with E-state index in [4.69, 9.17) is 4.52 Å². The Labute approximate surface area is 149 Å². The molecule has 0 bridgehead atoms. The summed E-state index contributed by atoms with van der Waals surface area (Å²) in [6.45, 7) is 7.60. The minimum absolute atomic E-state index is 0.0497. The molecule has 0 spiro atoms. The maximum atomic E-state index is 13.5. The van der Waals surface area contributed by atoms with Crippen LogP contribution in [0.3, 0.4) is 0 Å². The van der Waals surface area contributed by atoms with E-state index in [-0.39, 0.29) is 23.4 Å². The number of carbonyl (C=O) groups excluding carboxylic acids is 1. The molecular weight excluding hydrogens is 341 g/mol. The van der Waals surface area contributed by atoms with Gasteiger partial charge >= 0.3 is 0 Å². The first-order chi connectivity index (χ1) is 12.3. The molecule has 0 radical (unpaired) electrons. The molecule has 2 aromatic heterocycles. The first-order valence-corrected chi connectivity index (χ1v) is 8.58. The minimum atomic E-state index is -0.843. The molecule has 0 aromatic carbocycles. The predicted molar refractivity (Wildman–Crippen MR) is 90.6 cm³/mol. The monoisotopic (exact) mass is 361 g/mol. The van der Waals surface area contributed by atoms with Crippen molar-refractivity contribution < 1.29 is 13.7 Å². The SMILES string of the molecule is Cc1noc(C)c1C(=O)N1CC2CN(c3nc(C)c(F)c(=O)[nH]3)CC2C1. The Morgan fingerprint density at radius 2 is 1.81 bits per heavy atom. The third kappa shape index (κ3) is 2.58. The Hall–Kier alpha value is -2.71. The first-order valence-electron chi connectivity index (χ1n) is 8.58. The van der Waals surface area contributed by atoms with Crippen LogP contribution >= 0.6 is 0 Å². The molecule has 2 aromatic rings. The van der Waals surface area contributed by atoms with Crippen molar-refractivity contribution in [3.63, 3.8) is 0 Å². The number of nitrogens with one attached hydrogen (secondary N) is 1. The minimum Gasteiger partial charge on any atom is -0.361 e. The normalized spacial score (nSPS) is 22.2. The summed E-state index contributed by atoms with van der Waals surface area (Å²) in [4.78, 5) is 34.9. The number of aryl methyl sites for hydroxylation is 3. The number of amides is 1. The van der Waals surface area contributed by atoms with Crippen molar-refractivity contribution in [2.75, 3.05) is 31.1 Å². The third-order valence-electron chi connectivity index (χ3n) is 5.34. The van der Waals surface area contributed by atoms with Crippen molar-refractivity contribution in [1.29, 1.82) is 0 Å². The van der Waals surface area contributed by atoms with Crippen LogP contribution in [0.1, 0.15) is 27.5 Å². The van der Waals surface area contributed by atoms with Gasteiger partial charge in [0.15, 0.2) is 0 Å². The number of hydrogen-bond donors (Lipinski definition) is 1. The lowest BCUT2D eigenvalue weighted by Crippen LogP contribution is -2.35. The van der Waals surface area contributed by atoms with Gasteiger partial charge < -0.3 is 14.3 Å². The number of H-pyrrole nitrogens is 1. The summed E-state index contributed by atoms with van der Waals surface area (Å²) in [5, 5.41) is 3.85. The topological polar surface area (TPSA) is 95.3 Å². The van der Waals surface area contributed by atoms with Gasteiger partial charge in [0.05, 0.1) is 11.4 Å². The van der Waals surface area contributed by atoms with E-state index in [0.29, 0.717) is 49.1 Å². The van der Waals surface area contributed by atoms with Crippen molar-refractivity contribution in [3.8, 4) is 0 Å². The van der Waals surface area contributed by atoms with Gasteiger partial charge in [-0.3, -0.25) is 14.6 Å². The molecule has 2 aliphatic heterocycles. The number of halogens is 1. The molecule has 1 amide bonds. The average Bonchev–Trinajstić information content (AvgIpc) is 3.25. The second kappa shape index (κ2) is 5.93. The molecule has 2 aliphatic rings. The largest absolute Gasteiger partial charge is 0.361 e. The molecule has 2 atom stereocenters. The van der Waals surface area contributed by atoms with Crippen LogP contribution in [0.5, 0.6) is 0 Å². The number of hydrogen-bond acceptors (Lipinski definition) is 6. The summed E-state index contributed by atoms with van der Waals surface area (Å²) >= 11 is 0. The predicted octanol–water partition coefficient (Wildman–Crippen LogP) is 1.03. The van der Waals surface area contributed by atoms with Gasteiger partial charge in [-0.1, -0.05) is 5.16 Å². The van der Waals surface area contributed by atoms with E-state index in [0.717, 1.165) is 0 Å². The number of nitrogens with zero attached hydrogens (tertiary/aromatic N) is 4. The van der Waals surface area contributed by atoms with Crippen molar-refractivity contribution >= 4 is 11.9 Å². The Bertz CT molecular complexity index is 903. The molecule has 1 N–H and O–H groups in total. The fourth-order valence-electron chi connectivity index (χ4n) is 3.98. The fraction of sp³-hybridized carbons (Fsp3) is 0.529. The van der Waals surface area contributed by atoms with E-state index in [9.17, 15) is 14.0 Å². The van der Waals surface area contributed by atoms with E-state index in [1.54, 1.807) is 13.8 Å². The number of anilines is 1. The van der Waals surface area contributed by atoms with Gasteiger partial charge in [-0.15, -0.1) is 0 Å². The van der Waals surface area contributed by atoms with Gasteiger partial charge in [0.2, 0.25) is 11.8 Å². The van der Waals surface area contributed by atoms with Crippen molar-refractivity contribution in [2.45, 2.75) is 20.8 Å². The smallest absolute Gasteiger partial charge is 0.288 e. The lowest BCUT2D eigenvalue weighted by atomic mass is 10.0. The van der Waals surface area contributed by atoms with Gasteiger partial charge in [0, 0.05) is 38.0 Å². The second-order valence-electron chi connectivity index (χ2n) is 7.12. The standard InChI is InChI=1S/C17H20FN5O3/c1-8-13(10(3)26-21-8)16(25)22-4-11-6-23(7-12(11)5-22)17-19-9(2)14(18)15(24)20-17/h11-12H,4-7H2,1-3H3,(H,19,20,24). The van der Waals surface area contributed by atoms with E-state index in [2.05, 4.69) is 15.1 Å². The summed E-state index contributed by atoms with van der Waals surface area (Å²) in [6.07, 6.45) is 0. The van der Waals surface area contributed by atoms with Crippen LogP contribution in [-0.2, 0) is 0 Å². The van der Waals surface area contributed by atoms with Crippen LogP contribution in [-0.4, -0.2) is 52.1 Å². The molecule has 138 valence electrons. The maximum absolute atomic E-state index is 13.5. The Kier molecular flexibility index (Phi) is 3.82. The Morgan fingerprint density at radius 1 is 1.15 bits per heavy atom. The molecule has 4 rings (SSSR count). The van der Waals surface area contributed by atoms with Crippen LogP contribution in [0, 0.1) is 38.4 Å². The maximum Gasteiger partial charge on any atom is 0.288 e. The van der Waals surface area contributed by atoms with Gasteiger partial charge in [0.1, 0.15) is 11.3 Å². The molecule has 2 unspecified atom stereocenters. The molecule has 26 heavy (non-hydrogen) atoms. The first kappa shape index (κ1) is 16.7. The van der Waals surface area contributed by atoms with E-state index in [1.165, 1.54) is 6.92 Å². The highest BCUT2D eigenvalue weighted by atomic mass is 19.1. The van der Waals surface area contributed by atoms with Crippen molar-refractivity contribution in [2.24, 2.45) is 11.8 Å². The molecule has 2 fully saturated rings. The van der Waals surface area contributed by atoms with Gasteiger partial charge in [-0.25, -0.2) is 4.98 Å². The highest BCUT2D eigenvalue weighted by Gasteiger charge is 2.43. The zero-order valence-corrected chi connectivity index (χ0v) is 14.9. The summed E-state index contributed by atoms with van der Waals surface area (Å²) < 4.78 is 18.6. The van der Waals surface area contributed by atoms with Crippen molar-refractivity contribution in [1.82, 2.24) is 20.0 Å². The van der Waals surface area contributed by atoms with E-state index >= 15 is 0 Å². The highest BCUT2D eigenvalue weighted by Crippen LogP contribution is 2.33. The molecule has 0 saturated carbocycles. The van der Waals surface area contributed by atoms with Crippen LogP contribution in [0.4, 0.5) is 10.3 Å². The summed E-state index contributed by atoms with van der Waals surface area (Å²) in [7, 11) is 0. The third-order valence-corrected chi connectivity index (χ3v) is 5.34. The van der Waals surface area contributed by atoms with Crippen LogP contribution in [0.2, 0.25) is 0 Å². The summed E-state index contributed by atoms with van der Waals surface area (Å²) in [5.74, 6) is 0.613. The quantitative estimate of drug-likeness (QED) is 0.858. The summed E-state index contributed by atoms with van der Waals surface area (Å²) in [5.41, 5.74) is 0.493. The lowest BCUT2D eigenvalue weighted by molar-refractivity contribution is 0.0780. The van der Waals surface area contributed by atoms with Gasteiger partial charge in [-0.2, -0.15) is 4.39 Å². The second-order valence-corrected chi connectivity index (χ2v) is 7.12. The van der Waals surface area contributed by atoms with Crippen molar-refractivity contribution in [3.05, 3.63) is 38.9 Å².